The normalized spacial score (nSPS) is 17.1. The molecule has 0 aliphatic carbocycles. The molecule has 9 nitrogen and oxygen atoms in total. The second-order valence-corrected chi connectivity index (χ2v) is 12.7. The Bertz CT molecular complexity index is 1430. The Morgan fingerprint density at radius 3 is 2.44 bits per heavy atom. The molecular formula is C33H42N4O5S. The van der Waals surface area contributed by atoms with Crippen LogP contribution in [0.1, 0.15) is 60.3 Å². The van der Waals surface area contributed by atoms with Gasteiger partial charge in [-0.15, -0.1) is 11.3 Å². The summed E-state index contributed by atoms with van der Waals surface area (Å²) in [5.74, 6) is -1.52. The first-order valence-electron chi connectivity index (χ1n) is 15.0. The summed E-state index contributed by atoms with van der Waals surface area (Å²) in [6, 6.07) is 13.1. The predicted octanol–water partition coefficient (Wildman–Crippen LogP) is 3.48. The Kier molecular flexibility index (Phi) is 11.3. The minimum atomic E-state index is -0.943. The summed E-state index contributed by atoms with van der Waals surface area (Å²) in [6.07, 6.45) is 2.46. The number of nitrogens with one attached hydrogen (secondary N) is 4. The first-order valence-corrected chi connectivity index (χ1v) is 15.8. The first kappa shape index (κ1) is 32.2. The van der Waals surface area contributed by atoms with Crippen LogP contribution in [0.5, 0.6) is 0 Å². The van der Waals surface area contributed by atoms with Gasteiger partial charge in [-0.1, -0.05) is 56.3 Å². The lowest BCUT2D eigenvalue weighted by atomic mass is 9.91. The van der Waals surface area contributed by atoms with Crippen LogP contribution in [0.15, 0.2) is 53.9 Å². The maximum Gasteiger partial charge on any atom is 0.262 e. The number of fused-ring (bicyclic) bond motifs is 1. The number of carbonyl (C=O) groups is 4. The number of hydrogen-bond acceptors (Lipinski definition) is 6. The number of piperidine rings is 1. The summed E-state index contributed by atoms with van der Waals surface area (Å²) in [6.45, 7) is 6.07. The lowest BCUT2D eigenvalue weighted by Gasteiger charge is -2.28. The Morgan fingerprint density at radius 2 is 1.74 bits per heavy atom. The number of aliphatic hydroxyl groups excluding tert-OH is 1. The van der Waals surface area contributed by atoms with E-state index in [1.54, 1.807) is 0 Å². The summed E-state index contributed by atoms with van der Waals surface area (Å²) in [4.78, 5) is 53.4. The SMILES string of the molecule is Cc1ccsc1C(=O)NC(Cc1cccc2ccccc12)C(=O)NC(CC(C)C)C(=O)NC(CO)C[C@@H]1CCCNC1=O. The number of aliphatic hydroxyl groups is 1. The Morgan fingerprint density at radius 1 is 1.00 bits per heavy atom. The van der Waals surface area contributed by atoms with Crippen molar-refractivity contribution in [3.63, 3.8) is 0 Å². The number of rotatable bonds is 13. The maximum absolute atomic E-state index is 13.9. The lowest BCUT2D eigenvalue weighted by Crippen LogP contribution is -2.56. The van der Waals surface area contributed by atoms with E-state index < -0.39 is 29.9 Å². The van der Waals surface area contributed by atoms with Gasteiger partial charge in [-0.3, -0.25) is 19.2 Å². The van der Waals surface area contributed by atoms with E-state index in [4.69, 9.17) is 0 Å². The molecule has 1 fully saturated rings. The third kappa shape index (κ3) is 8.64. The van der Waals surface area contributed by atoms with Crippen molar-refractivity contribution < 1.29 is 24.3 Å². The molecule has 43 heavy (non-hydrogen) atoms. The largest absolute Gasteiger partial charge is 0.394 e. The smallest absolute Gasteiger partial charge is 0.262 e. The van der Waals surface area contributed by atoms with Crippen molar-refractivity contribution in [3.05, 3.63) is 69.9 Å². The van der Waals surface area contributed by atoms with E-state index >= 15 is 0 Å². The van der Waals surface area contributed by atoms with Gasteiger partial charge >= 0.3 is 0 Å². The first-order chi connectivity index (χ1) is 20.7. The van der Waals surface area contributed by atoms with E-state index in [0.29, 0.717) is 30.7 Å². The Hall–Kier alpha value is -3.76. The third-order valence-corrected chi connectivity index (χ3v) is 8.88. The van der Waals surface area contributed by atoms with Gasteiger partial charge in [0.15, 0.2) is 0 Å². The highest BCUT2D eigenvalue weighted by Gasteiger charge is 2.31. The van der Waals surface area contributed by atoms with Crippen molar-refractivity contribution >= 4 is 45.7 Å². The van der Waals surface area contributed by atoms with E-state index in [1.165, 1.54) is 11.3 Å². The summed E-state index contributed by atoms with van der Waals surface area (Å²) in [5, 5.41) is 25.4. The molecule has 4 atom stereocenters. The second-order valence-electron chi connectivity index (χ2n) is 11.7. The van der Waals surface area contributed by atoms with Gasteiger partial charge in [0.2, 0.25) is 17.7 Å². The van der Waals surface area contributed by atoms with E-state index in [-0.39, 0.29) is 36.7 Å². The number of thiophene rings is 1. The van der Waals surface area contributed by atoms with E-state index in [1.807, 2.05) is 74.7 Å². The van der Waals surface area contributed by atoms with E-state index in [2.05, 4.69) is 21.3 Å². The molecule has 4 rings (SSSR count). The summed E-state index contributed by atoms with van der Waals surface area (Å²) in [7, 11) is 0. The molecule has 3 aromatic rings. The van der Waals surface area contributed by atoms with Gasteiger partial charge in [0.1, 0.15) is 12.1 Å². The average Bonchev–Trinajstić information content (AvgIpc) is 3.42. The molecule has 1 aliphatic rings. The summed E-state index contributed by atoms with van der Waals surface area (Å²) < 4.78 is 0. The predicted molar refractivity (Wildman–Crippen MR) is 169 cm³/mol. The molecule has 3 unspecified atom stereocenters. The minimum absolute atomic E-state index is 0.0704. The minimum Gasteiger partial charge on any atom is -0.394 e. The van der Waals surface area contributed by atoms with Gasteiger partial charge in [0.05, 0.1) is 17.5 Å². The molecule has 1 saturated heterocycles. The number of carbonyl (C=O) groups excluding carboxylic acids is 4. The molecule has 2 aromatic carbocycles. The maximum atomic E-state index is 13.9. The number of amides is 4. The van der Waals surface area contributed by atoms with Crippen molar-refractivity contribution in [2.45, 2.75) is 71.0 Å². The molecule has 230 valence electrons. The standard InChI is InChI=1S/C33H42N4O5S/c1-20(2)16-27(31(40)35-25(19-38)17-24-11-7-14-34-30(24)39)36-32(41)28(37-33(42)29-21(3)13-15-43-29)18-23-10-6-9-22-8-4-5-12-26(22)23/h4-6,8-10,12-13,15,20,24-25,27-28,38H,7,11,14,16-19H2,1-3H3,(H,34,39)(H,35,40)(H,36,41)(H,37,42)/t24-,25?,27?,28?/m0/s1. The summed E-state index contributed by atoms with van der Waals surface area (Å²) >= 11 is 1.31. The van der Waals surface area contributed by atoms with Crippen molar-refractivity contribution in [1.82, 2.24) is 21.3 Å². The van der Waals surface area contributed by atoms with E-state index in [0.717, 1.165) is 28.3 Å². The zero-order chi connectivity index (χ0) is 30.9. The molecule has 5 N–H and O–H groups in total. The van der Waals surface area contributed by atoms with Gasteiger partial charge in [-0.2, -0.15) is 0 Å². The molecule has 0 saturated carbocycles. The van der Waals surface area contributed by atoms with Crippen LogP contribution in [0, 0.1) is 18.8 Å². The van der Waals surface area contributed by atoms with Crippen molar-refractivity contribution in [1.29, 1.82) is 0 Å². The van der Waals surface area contributed by atoms with Crippen LogP contribution in [-0.4, -0.2) is 60.0 Å². The molecule has 0 spiro atoms. The molecule has 2 heterocycles. The lowest BCUT2D eigenvalue weighted by molar-refractivity contribution is -0.131. The van der Waals surface area contributed by atoms with Crippen molar-refractivity contribution in [3.8, 4) is 0 Å². The Labute approximate surface area is 256 Å². The fourth-order valence-electron chi connectivity index (χ4n) is 5.59. The molecule has 1 aliphatic heterocycles. The monoisotopic (exact) mass is 606 g/mol. The van der Waals surface area contributed by atoms with Crippen LogP contribution in [0.2, 0.25) is 0 Å². The molecule has 0 bridgehead atoms. The number of aryl methyl sites for hydroxylation is 1. The Balaban J connectivity index is 1.54. The van der Waals surface area contributed by atoms with Crippen LogP contribution in [-0.2, 0) is 20.8 Å². The quantitative estimate of drug-likeness (QED) is 0.203. The van der Waals surface area contributed by atoms with Gasteiger partial charge in [-0.05, 0) is 71.9 Å². The topological polar surface area (TPSA) is 137 Å². The van der Waals surface area contributed by atoms with Crippen LogP contribution in [0.3, 0.4) is 0 Å². The highest BCUT2D eigenvalue weighted by Crippen LogP contribution is 2.22. The molecule has 4 amide bonds. The zero-order valence-electron chi connectivity index (χ0n) is 25.0. The van der Waals surface area contributed by atoms with Crippen molar-refractivity contribution in [2.75, 3.05) is 13.2 Å². The van der Waals surface area contributed by atoms with Crippen LogP contribution < -0.4 is 21.3 Å². The molecule has 0 radical (unpaired) electrons. The highest BCUT2D eigenvalue weighted by atomic mass is 32.1. The molecule has 1 aromatic heterocycles. The van der Waals surface area contributed by atoms with Crippen molar-refractivity contribution in [2.24, 2.45) is 11.8 Å². The fraction of sp³-hybridized carbons (Fsp3) is 0.455. The number of benzene rings is 2. The molecule has 10 heteroatoms. The molecular weight excluding hydrogens is 564 g/mol. The fourth-order valence-corrected chi connectivity index (χ4v) is 6.42. The van der Waals surface area contributed by atoms with Gasteiger partial charge < -0.3 is 26.4 Å². The van der Waals surface area contributed by atoms with Crippen LogP contribution in [0.25, 0.3) is 10.8 Å². The van der Waals surface area contributed by atoms with E-state index in [9.17, 15) is 24.3 Å². The van der Waals surface area contributed by atoms with Gasteiger partial charge in [-0.25, -0.2) is 0 Å². The third-order valence-electron chi connectivity index (χ3n) is 7.87. The highest BCUT2D eigenvalue weighted by molar-refractivity contribution is 7.12. The zero-order valence-corrected chi connectivity index (χ0v) is 25.8. The number of hydrogen-bond donors (Lipinski definition) is 5. The van der Waals surface area contributed by atoms with Gasteiger partial charge in [0.25, 0.3) is 5.91 Å². The van der Waals surface area contributed by atoms with Crippen LogP contribution in [0.4, 0.5) is 0 Å². The summed E-state index contributed by atoms with van der Waals surface area (Å²) in [5.41, 5.74) is 1.72. The van der Waals surface area contributed by atoms with Crippen LogP contribution >= 0.6 is 11.3 Å². The average molecular weight is 607 g/mol. The second kappa shape index (κ2) is 15.1. The van der Waals surface area contributed by atoms with Gasteiger partial charge in [0, 0.05) is 18.9 Å².